The number of nitrogens with zero attached hydrogens (tertiary/aromatic N) is 1. The predicted octanol–water partition coefficient (Wildman–Crippen LogP) is 2.18. The highest BCUT2D eigenvalue weighted by Gasteiger charge is 2.33. The van der Waals surface area contributed by atoms with Crippen molar-refractivity contribution in [1.29, 1.82) is 0 Å². The third-order valence-corrected chi connectivity index (χ3v) is 3.64. The first kappa shape index (κ1) is 16.7. The topological polar surface area (TPSA) is 81.9 Å². The van der Waals surface area contributed by atoms with Gasteiger partial charge in [0.05, 0.1) is 12.2 Å². The van der Waals surface area contributed by atoms with Crippen LogP contribution in [0.2, 0.25) is 0 Å². The van der Waals surface area contributed by atoms with E-state index in [4.69, 9.17) is 10.5 Å². The number of carbonyl (C=O) groups excluding carboxylic acids is 2. The minimum absolute atomic E-state index is 0.0783. The molecule has 1 atom stereocenters. The van der Waals surface area contributed by atoms with Crippen molar-refractivity contribution in [3.05, 3.63) is 54.1 Å². The Hall–Kier alpha value is -3.16. The average Bonchev–Trinajstić information content (AvgIpc) is 2.59. The van der Waals surface area contributed by atoms with Crippen molar-refractivity contribution in [2.75, 3.05) is 11.4 Å². The molecule has 2 aromatic carbocycles. The number of benzene rings is 2. The molecule has 0 bridgehead atoms. The standard InChI is InChI=1S/C17H14F2N2O4/c18-17(19)24-11-5-3-4-10(8-11)16(23)21-9-14(15(20)22)25-13-7-2-1-6-12(13)21/h1-8,14,17H,9H2,(H2,20,22)/t14-/m1/s1. The minimum atomic E-state index is -2.99. The van der Waals surface area contributed by atoms with Crippen LogP contribution in [-0.4, -0.2) is 31.1 Å². The van der Waals surface area contributed by atoms with E-state index in [-0.39, 0.29) is 17.9 Å². The largest absolute Gasteiger partial charge is 0.477 e. The fraction of sp³-hybridized carbons (Fsp3) is 0.176. The van der Waals surface area contributed by atoms with Crippen LogP contribution in [0.1, 0.15) is 10.4 Å². The van der Waals surface area contributed by atoms with Crippen LogP contribution < -0.4 is 20.1 Å². The van der Waals surface area contributed by atoms with Crippen molar-refractivity contribution in [3.63, 3.8) is 0 Å². The highest BCUT2D eigenvalue weighted by molar-refractivity contribution is 6.08. The summed E-state index contributed by atoms with van der Waals surface area (Å²) in [5.74, 6) is -0.983. The molecule has 0 fully saturated rings. The molecule has 0 unspecified atom stereocenters. The predicted molar refractivity (Wildman–Crippen MR) is 84.8 cm³/mol. The number of halogens is 2. The van der Waals surface area contributed by atoms with Gasteiger partial charge in [-0.1, -0.05) is 18.2 Å². The number of primary amides is 1. The molecule has 130 valence electrons. The van der Waals surface area contributed by atoms with Gasteiger partial charge in [0, 0.05) is 5.56 Å². The van der Waals surface area contributed by atoms with E-state index in [0.717, 1.165) is 0 Å². The summed E-state index contributed by atoms with van der Waals surface area (Å²) in [4.78, 5) is 25.7. The molecule has 1 heterocycles. The fourth-order valence-electron chi connectivity index (χ4n) is 2.54. The summed E-state index contributed by atoms with van der Waals surface area (Å²) in [5, 5.41) is 0. The number of alkyl halides is 2. The molecule has 0 spiro atoms. The quantitative estimate of drug-likeness (QED) is 0.918. The second kappa shape index (κ2) is 6.76. The van der Waals surface area contributed by atoms with Crippen molar-refractivity contribution >= 4 is 17.5 Å². The summed E-state index contributed by atoms with van der Waals surface area (Å²) in [6.45, 7) is -3.07. The smallest absolute Gasteiger partial charge is 0.387 e. The molecule has 3 rings (SSSR count). The van der Waals surface area contributed by atoms with Gasteiger partial charge < -0.3 is 20.1 Å². The van der Waals surface area contributed by atoms with E-state index in [0.29, 0.717) is 11.4 Å². The van der Waals surface area contributed by atoms with Crippen molar-refractivity contribution in [1.82, 2.24) is 0 Å². The van der Waals surface area contributed by atoms with Crippen LogP contribution in [0.4, 0.5) is 14.5 Å². The third-order valence-electron chi connectivity index (χ3n) is 3.64. The second-order valence-electron chi connectivity index (χ2n) is 5.30. The lowest BCUT2D eigenvalue weighted by atomic mass is 10.1. The van der Waals surface area contributed by atoms with Gasteiger partial charge in [0.25, 0.3) is 11.8 Å². The molecule has 6 nitrogen and oxygen atoms in total. The van der Waals surface area contributed by atoms with Gasteiger partial charge in [-0.25, -0.2) is 0 Å². The van der Waals surface area contributed by atoms with Crippen molar-refractivity contribution in [2.45, 2.75) is 12.7 Å². The van der Waals surface area contributed by atoms with Crippen LogP contribution in [-0.2, 0) is 4.79 Å². The summed E-state index contributed by atoms with van der Waals surface area (Å²) in [7, 11) is 0. The van der Waals surface area contributed by atoms with Gasteiger partial charge >= 0.3 is 6.61 Å². The highest BCUT2D eigenvalue weighted by Crippen LogP contribution is 2.34. The van der Waals surface area contributed by atoms with Crippen LogP contribution in [0.15, 0.2) is 48.5 Å². The van der Waals surface area contributed by atoms with Crippen LogP contribution in [0, 0.1) is 0 Å². The molecule has 2 amide bonds. The Bertz CT molecular complexity index is 813. The van der Waals surface area contributed by atoms with E-state index in [9.17, 15) is 18.4 Å². The van der Waals surface area contributed by atoms with Gasteiger partial charge in [-0.15, -0.1) is 0 Å². The maximum absolute atomic E-state index is 12.8. The summed E-state index contributed by atoms with van der Waals surface area (Å²) < 4.78 is 34.5. The number of nitrogens with two attached hydrogens (primary N) is 1. The molecule has 1 aliphatic rings. The number of anilines is 1. The molecule has 8 heteroatoms. The molecule has 0 radical (unpaired) electrons. The van der Waals surface area contributed by atoms with E-state index in [1.807, 2.05) is 0 Å². The number of ether oxygens (including phenoxy) is 2. The average molecular weight is 348 g/mol. The Kier molecular flexibility index (Phi) is 4.51. The van der Waals surface area contributed by atoms with Gasteiger partial charge in [-0.2, -0.15) is 8.78 Å². The lowest BCUT2D eigenvalue weighted by Gasteiger charge is -2.33. The van der Waals surface area contributed by atoms with E-state index in [2.05, 4.69) is 4.74 Å². The summed E-state index contributed by atoms with van der Waals surface area (Å²) >= 11 is 0. The van der Waals surface area contributed by atoms with Crippen LogP contribution >= 0.6 is 0 Å². The van der Waals surface area contributed by atoms with Gasteiger partial charge in [0.15, 0.2) is 6.10 Å². The SMILES string of the molecule is NC(=O)[C@H]1CN(C(=O)c2cccc(OC(F)F)c2)c2ccccc2O1. The number of rotatable bonds is 4. The van der Waals surface area contributed by atoms with Gasteiger partial charge in [0.2, 0.25) is 0 Å². The van der Waals surface area contributed by atoms with E-state index in [1.165, 1.54) is 29.2 Å². The lowest BCUT2D eigenvalue weighted by molar-refractivity contribution is -0.124. The first-order valence-corrected chi connectivity index (χ1v) is 7.37. The number of amides is 2. The zero-order valence-corrected chi connectivity index (χ0v) is 12.9. The fourth-order valence-corrected chi connectivity index (χ4v) is 2.54. The summed E-state index contributed by atoms with van der Waals surface area (Å²) in [6.07, 6.45) is -1.00. The first-order chi connectivity index (χ1) is 12.0. The Labute approximate surface area is 141 Å². The molecule has 1 aliphatic heterocycles. The molecule has 0 aromatic heterocycles. The molecule has 2 N–H and O–H groups in total. The van der Waals surface area contributed by atoms with Gasteiger partial charge in [-0.05, 0) is 30.3 Å². The molecular weight excluding hydrogens is 334 g/mol. The van der Waals surface area contributed by atoms with Crippen molar-refractivity contribution in [3.8, 4) is 11.5 Å². The normalized spacial score (nSPS) is 16.1. The van der Waals surface area contributed by atoms with E-state index in [1.54, 1.807) is 24.3 Å². The molecule has 0 aliphatic carbocycles. The maximum Gasteiger partial charge on any atom is 0.387 e. The summed E-state index contributed by atoms with van der Waals surface area (Å²) in [6, 6.07) is 12.1. The minimum Gasteiger partial charge on any atom is -0.477 e. The lowest BCUT2D eigenvalue weighted by Crippen LogP contribution is -2.49. The number of hydrogen-bond acceptors (Lipinski definition) is 4. The Morgan fingerprint density at radius 3 is 2.68 bits per heavy atom. The Balaban J connectivity index is 1.94. The van der Waals surface area contributed by atoms with Crippen molar-refractivity contribution in [2.24, 2.45) is 5.73 Å². The second-order valence-corrected chi connectivity index (χ2v) is 5.30. The first-order valence-electron chi connectivity index (χ1n) is 7.37. The molecular formula is C17H14F2N2O4. The molecule has 0 saturated heterocycles. The molecule has 2 aromatic rings. The highest BCUT2D eigenvalue weighted by atomic mass is 19.3. The zero-order chi connectivity index (χ0) is 18.0. The third kappa shape index (κ3) is 3.52. The summed E-state index contributed by atoms with van der Waals surface area (Å²) in [5.41, 5.74) is 5.90. The number of para-hydroxylation sites is 2. The Morgan fingerprint density at radius 1 is 1.20 bits per heavy atom. The van der Waals surface area contributed by atoms with Gasteiger partial charge in [0.1, 0.15) is 11.5 Å². The number of hydrogen-bond donors (Lipinski definition) is 1. The number of fused-ring (bicyclic) bond motifs is 1. The van der Waals surface area contributed by atoms with Crippen molar-refractivity contribution < 1.29 is 27.8 Å². The van der Waals surface area contributed by atoms with Crippen LogP contribution in [0.25, 0.3) is 0 Å². The van der Waals surface area contributed by atoms with E-state index < -0.39 is 24.5 Å². The van der Waals surface area contributed by atoms with Crippen LogP contribution in [0.3, 0.4) is 0 Å². The number of carbonyl (C=O) groups is 2. The monoisotopic (exact) mass is 348 g/mol. The molecule has 0 saturated carbocycles. The zero-order valence-electron chi connectivity index (χ0n) is 12.9. The Morgan fingerprint density at radius 2 is 1.96 bits per heavy atom. The van der Waals surface area contributed by atoms with E-state index >= 15 is 0 Å². The maximum atomic E-state index is 12.8. The molecule has 25 heavy (non-hydrogen) atoms. The van der Waals surface area contributed by atoms with Gasteiger partial charge in [-0.3, -0.25) is 9.59 Å². The van der Waals surface area contributed by atoms with Crippen LogP contribution in [0.5, 0.6) is 11.5 Å².